The molecule has 1 fully saturated rings. The molecule has 146 valence electrons. The van der Waals surface area contributed by atoms with Gasteiger partial charge in [-0.3, -0.25) is 4.90 Å². The fraction of sp³-hybridized carbons (Fsp3) is 0.571. The van der Waals surface area contributed by atoms with E-state index in [9.17, 15) is 16.8 Å². The Hall–Kier alpha value is -0.420. The second kappa shape index (κ2) is 10.1. The molecule has 0 saturated carbocycles. The van der Waals surface area contributed by atoms with Crippen LogP contribution in [0.1, 0.15) is 5.56 Å². The number of sulfone groups is 1. The van der Waals surface area contributed by atoms with Crippen LogP contribution in [0.3, 0.4) is 0 Å². The molecule has 1 aromatic carbocycles. The zero-order valence-electron chi connectivity index (χ0n) is 14.2. The predicted molar refractivity (Wildman–Crippen MR) is 103 cm³/mol. The second-order valence-electron chi connectivity index (χ2n) is 5.69. The molecule has 7 nitrogen and oxygen atoms in total. The van der Waals surface area contributed by atoms with Crippen LogP contribution in [-0.2, 0) is 19.9 Å². The van der Waals surface area contributed by atoms with Crippen molar-refractivity contribution in [2.24, 2.45) is 0 Å². The van der Waals surface area contributed by atoms with Gasteiger partial charge in [-0.25, -0.2) is 21.6 Å². The highest BCUT2D eigenvalue weighted by atomic mass is 35.5. The van der Waals surface area contributed by atoms with Gasteiger partial charge in [-0.15, -0.1) is 24.8 Å². The Morgan fingerprint density at radius 1 is 1.12 bits per heavy atom. The Balaban J connectivity index is 0.00000288. The fourth-order valence-corrected chi connectivity index (χ4v) is 4.46. The van der Waals surface area contributed by atoms with Crippen molar-refractivity contribution < 1.29 is 16.8 Å². The highest BCUT2D eigenvalue weighted by molar-refractivity contribution is 7.91. The van der Waals surface area contributed by atoms with Gasteiger partial charge in [0.25, 0.3) is 0 Å². The maximum Gasteiger partial charge on any atom is 0.240 e. The summed E-state index contributed by atoms with van der Waals surface area (Å²) in [4.78, 5) is 2.20. The van der Waals surface area contributed by atoms with E-state index in [2.05, 4.69) is 14.9 Å². The Labute approximate surface area is 162 Å². The van der Waals surface area contributed by atoms with E-state index in [0.717, 1.165) is 32.4 Å². The molecule has 1 aliphatic rings. The number of nitrogens with one attached hydrogen (secondary N) is 2. The first-order valence-corrected chi connectivity index (χ1v) is 10.8. The van der Waals surface area contributed by atoms with Crippen LogP contribution in [0.4, 0.5) is 0 Å². The molecule has 11 heteroatoms. The predicted octanol–water partition coefficient (Wildman–Crippen LogP) is 0.426. The molecule has 0 aromatic heterocycles. The van der Waals surface area contributed by atoms with Gasteiger partial charge < -0.3 is 5.32 Å². The van der Waals surface area contributed by atoms with Crippen molar-refractivity contribution in [3.05, 3.63) is 23.8 Å². The van der Waals surface area contributed by atoms with Crippen molar-refractivity contribution in [1.29, 1.82) is 0 Å². The van der Waals surface area contributed by atoms with Gasteiger partial charge >= 0.3 is 0 Å². The van der Waals surface area contributed by atoms with Gasteiger partial charge in [-0.05, 0) is 24.6 Å². The second-order valence-corrected chi connectivity index (χ2v) is 9.44. The van der Waals surface area contributed by atoms with Crippen LogP contribution < -0.4 is 10.0 Å². The van der Waals surface area contributed by atoms with Gasteiger partial charge in [-0.1, -0.05) is 6.07 Å². The number of sulfonamides is 1. The number of halogens is 2. The highest BCUT2D eigenvalue weighted by Crippen LogP contribution is 2.19. The minimum absolute atomic E-state index is 0. The van der Waals surface area contributed by atoms with E-state index >= 15 is 0 Å². The third-order valence-corrected chi connectivity index (χ3v) is 6.52. The molecule has 0 unspecified atom stereocenters. The summed E-state index contributed by atoms with van der Waals surface area (Å²) in [7, 11) is -7.18. The van der Waals surface area contributed by atoms with E-state index in [1.165, 1.54) is 18.2 Å². The van der Waals surface area contributed by atoms with E-state index in [4.69, 9.17) is 0 Å². The third kappa shape index (κ3) is 7.01. The van der Waals surface area contributed by atoms with Crippen molar-refractivity contribution in [1.82, 2.24) is 14.9 Å². The fourth-order valence-electron chi connectivity index (χ4n) is 2.45. The lowest BCUT2D eigenvalue weighted by Gasteiger charge is -2.27. The molecule has 1 aliphatic heterocycles. The quantitative estimate of drug-likeness (QED) is 0.674. The third-order valence-electron chi connectivity index (χ3n) is 3.81. The molecule has 0 radical (unpaired) electrons. The lowest BCUT2D eigenvalue weighted by molar-refractivity contribution is 0.245. The van der Waals surface area contributed by atoms with Crippen LogP contribution in [-0.4, -0.2) is 67.3 Å². The molecule has 0 bridgehead atoms. The van der Waals surface area contributed by atoms with Crippen molar-refractivity contribution in [3.63, 3.8) is 0 Å². The average Bonchev–Trinajstić information content (AvgIpc) is 2.47. The molecule has 1 saturated heterocycles. The summed E-state index contributed by atoms with van der Waals surface area (Å²) in [6.07, 6.45) is 1.06. The van der Waals surface area contributed by atoms with E-state index in [0.29, 0.717) is 18.7 Å². The van der Waals surface area contributed by atoms with Crippen LogP contribution in [0, 0.1) is 6.92 Å². The molecule has 1 aromatic rings. The summed E-state index contributed by atoms with van der Waals surface area (Å²) < 4.78 is 50.7. The molecule has 0 atom stereocenters. The summed E-state index contributed by atoms with van der Waals surface area (Å²) in [6.45, 7) is 6.17. The lowest BCUT2D eigenvalue weighted by Crippen LogP contribution is -2.46. The molecule has 1 heterocycles. The van der Waals surface area contributed by atoms with Crippen LogP contribution in [0.5, 0.6) is 0 Å². The molecule has 2 N–H and O–H groups in total. The SMILES string of the molecule is Cc1ccc(S(C)(=O)=O)cc1S(=O)(=O)NCCN1CCNCC1.Cl.Cl. The first-order chi connectivity index (χ1) is 10.7. The van der Waals surface area contributed by atoms with Crippen LogP contribution >= 0.6 is 24.8 Å². The normalized spacial score (nSPS) is 15.9. The van der Waals surface area contributed by atoms with E-state index in [1.807, 2.05) is 0 Å². The van der Waals surface area contributed by atoms with E-state index < -0.39 is 19.9 Å². The minimum Gasteiger partial charge on any atom is -0.314 e. The van der Waals surface area contributed by atoms with Gasteiger partial charge in [0.05, 0.1) is 9.79 Å². The molecule has 0 aliphatic carbocycles. The number of aryl methyl sites for hydroxylation is 1. The van der Waals surface area contributed by atoms with E-state index in [1.54, 1.807) is 6.92 Å². The number of hydrogen-bond acceptors (Lipinski definition) is 6. The van der Waals surface area contributed by atoms with Crippen molar-refractivity contribution in [3.8, 4) is 0 Å². The first-order valence-electron chi connectivity index (χ1n) is 7.43. The summed E-state index contributed by atoms with van der Waals surface area (Å²) in [5, 5.41) is 3.24. The topological polar surface area (TPSA) is 95.6 Å². The van der Waals surface area contributed by atoms with Gasteiger partial charge in [-0.2, -0.15) is 0 Å². The maximum atomic E-state index is 12.4. The first kappa shape index (κ1) is 24.6. The number of piperazine rings is 1. The van der Waals surface area contributed by atoms with E-state index in [-0.39, 0.29) is 34.6 Å². The van der Waals surface area contributed by atoms with Gasteiger partial charge in [0.15, 0.2) is 9.84 Å². The number of nitrogens with zero attached hydrogens (tertiary/aromatic N) is 1. The summed E-state index contributed by atoms with van der Waals surface area (Å²) in [5.41, 5.74) is 0.520. The molecule has 25 heavy (non-hydrogen) atoms. The maximum absolute atomic E-state index is 12.4. The highest BCUT2D eigenvalue weighted by Gasteiger charge is 2.20. The number of rotatable bonds is 6. The summed E-state index contributed by atoms with van der Waals surface area (Å²) in [6, 6.07) is 4.16. The van der Waals surface area contributed by atoms with Gasteiger partial charge in [0.1, 0.15) is 0 Å². The smallest absolute Gasteiger partial charge is 0.240 e. The molecule has 0 amide bonds. The summed E-state index contributed by atoms with van der Waals surface area (Å²) in [5.74, 6) is 0. The van der Waals surface area contributed by atoms with Crippen molar-refractivity contribution >= 4 is 44.7 Å². The zero-order chi connectivity index (χ0) is 17.1. The zero-order valence-corrected chi connectivity index (χ0v) is 17.5. The number of hydrogen-bond donors (Lipinski definition) is 2. The van der Waals surface area contributed by atoms with Gasteiger partial charge in [0, 0.05) is 45.5 Å². The Kier molecular flexibility index (Phi) is 9.89. The standard InChI is InChI=1S/C14H23N3O4S2.2ClH/c1-12-3-4-13(22(2,18)19)11-14(12)23(20,21)16-7-10-17-8-5-15-6-9-17;;/h3-4,11,15-16H,5-10H2,1-2H3;2*1H. The Morgan fingerprint density at radius 3 is 2.28 bits per heavy atom. The molecular formula is C14H25Cl2N3O4S2. The van der Waals surface area contributed by atoms with Gasteiger partial charge in [0.2, 0.25) is 10.0 Å². The summed E-state index contributed by atoms with van der Waals surface area (Å²) >= 11 is 0. The molecule has 0 spiro atoms. The average molecular weight is 434 g/mol. The molecule has 2 rings (SSSR count). The molecular weight excluding hydrogens is 409 g/mol. The Morgan fingerprint density at radius 2 is 1.72 bits per heavy atom. The van der Waals surface area contributed by atoms with Crippen LogP contribution in [0.15, 0.2) is 28.0 Å². The minimum atomic E-state index is -3.73. The van der Waals surface area contributed by atoms with Crippen LogP contribution in [0.25, 0.3) is 0 Å². The van der Waals surface area contributed by atoms with Crippen molar-refractivity contribution in [2.75, 3.05) is 45.5 Å². The Bertz CT molecular complexity index is 764. The van der Waals surface area contributed by atoms with Crippen molar-refractivity contribution in [2.45, 2.75) is 16.7 Å². The largest absolute Gasteiger partial charge is 0.314 e. The lowest BCUT2D eigenvalue weighted by atomic mass is 10.2. The van der Waals surface area contributed by atoms with Crippen LogP contribution in [0.2, 0.25) is 0 Å². The monoisotopic (exact) mass is 433 g/mol. The number of benzene rings is 1.